The number of halogens is 1. The SMILES string of the molecule is NC(=S)N[NH+]=Cc1cccc(OCc2cccc(Cl)c2)c1. The molecule has 2 aromatic carbocycles. The molecule has 0 radical (unpaired) electrons. The van der Waals surface area contributed by atoms with Gasteiger partial charge in [0.25, 0.3) is 0 Å². The van der Waals surface area contributed by atoms with Gasteiger partial charge in [-0.3, -0.25) is 0 Å². The predicted octanol–water partition coefficient (Wildman–Crippen LogP) is 1.17. The Labute approximate surface area is 133 Å². The fraction of sp³-hybridized carbons (Fsp3) is 0.0667. The van der Waals surface area contributed by atoms with E-state index in [1.54, 1.807) is 6.21 Å². The maximum Gasteiger partial charge on any atom is 0.221 e. The molecule has 21 heavy (non-hydrogen) atoms. The minimum absolute atomic E-state index is 0.180. The van der Waals surface area contributed by atoms with Gasteiger partial charge in [0.2, 0.25) is 5.11 Å². The van der Waals surface area contributed by atoms with Gasteiger partial charge in [-0.15, -0.1) is 10.5 Å². The first kappa shape index (κ1) is 15.3. The summed E-state index contributed by atoms with van der Waals surface area (Å²) in [6, 6.07) is 15.2. The quantitative estimate of drug-likeness (QED) is 0.440. The zero-order chi connectivity index (χ0) is 15.1. The molecule has 0 amide bonds. The van der Waals surface area contributed by atoms with Crippen LogP contribution in [0.3, 0.4) is 0 Å². The first-order valence-corrected chi connectivity index (χ1v) is 7.03. The average Bonchev–Trinajstić information content (AvgIpc) is 2.45. The van der Waals surface area contributed by atoms with Crippen molar-refractivity contribution in [2.45, 2.75) is 6.61 Å². The molecule has 0 atom stereocenters. The van der Waals surface area contributed by atoms with Gasteiger partial charge in [-0.1, -0.05) is 29.8 Å². The van der Waals surface area contributed by atoms with Crippen molar-refractivity contribution in [3.63, 3.8) is 0 Å². The van der Waals surface area contributed by atoms with Crippen LogP contribution >= 0.6 is 23.8 Å². The van der Waals surface area contributed by atoms with Gasteiger partial charge in [0.05, 0.1) is 0 Å². The number of hydrazine groups is 1. The van der Waals surface area contributed by atoms with Crippen LogP contribution in [-0.2, 0) is 6.61 Å². The lowest BCUT2D eigenvalue weighted by molar-refractivity contribution is -0.499. The topological polar surface area (TPSA) is 61.2 Å². The number of rotatable bonds is 5. The summed E-state index contributed by atoms with van der Waals surface area (Å²) in [7, 11) is 0. The Bertz CT molecular complexity index is 661. The summed E-state index contributed by atoms with van der Waals surface area (Å²) >= 11 is 10.6. The highest BCUT2D eigenvalue weighted by Gasteiger charge is 1.99. The third-order valence-electron chi connectivity index (χ3n) is 2.59. The Morgan fingerprint density at radius 2 is 2.10 bits per heavy atom. The van der Waals surface area contributed by atoms with Crippen LogP contribution in [0.2, 0.25) is 5.02 Å². The van der Waals surface area contributed by atoms with E-state index in [2.05, 4.69) is 10.5 Å². The van der Waals surface area contributed by atoms with Crippen molar-refractivity contribution in [3.8, 4) is 5.75 Å². The largest absolute Gasteiger partial charge is 0.489 e. The third-order valence-corrected chi connectivity index (χ3v) is 2.92. The number of benzene rings is 2. The molecule has 0 aromatic heterocycles. The van der Waals surface area contributed by atoms with E-state index in [0.717, 1.165) is 16.9 Å². The normalized spacial score (nSPS) is 10.5. The minimum Gasteiger partial charge on any atom is -0.489 e. The highest BCUT2D eigenvalue weighted by molar-refractivity contribution is 7.80. The number of hydrazone groups is 1. The monoisotopic (exact) mass is 320 g/mol. The molecule has 0 spiro atoms. The van der Waals surface area contributed by atoms with Crippen molar-refractivity contribution in [1.29, 1.82) is 0 Å². The van der Waals surface area contributed by atoms with E-state index in [-0.39, 0.29) is 5.11 Å². The molecular weight excluding hydrogens is 306 g/mol. The van der Waals surface area contributed by atoms with Gasteiger partial charge >= 0.3 is 0 Å². The molecule has 4 N–H and O–H groups in total. The van der Waals surface area contributed by atoms with Crippen molar-refractivity contribution >= 4 is 35.1 Å². The van der Waals surface area contributed by atoms with Gasteiger partial charge in [0.15, 0.2) is 6.21 Å². The summed E-state index contributed by atoms with van der Waals surface area (Å²) in [5.41, 5.74) is 9.89. The van der Waals surface area contributed by atoms with Gasteiger partial charge in [0, 0.05) is 10.6 Å². The third kappa shape index (κ3) is 5.41. The van der Waals surface area contributed by atoms with E-state index >= 15 is 0 Å². The minimum atomic E-state index is 0.180. The molecule has 0 unspecified atom stereocenters. The summed E-state index contributed by atoms with van der Waals surface area (Å²) in [6.07, 6.45) is 1.74. The summed E-state index contributed by atoms with van der Waals surface area (Å²) < 4.78 is 5.74. The molecule has 2 aromatic rings. The van der Waals surface area contributed by atoms with E-state index in [0.29, 0.717) is 11.6 Å². The zero-order valence-electron chi connectivity index (χ0n) is 11.2. The summed E-state index contributed by atoms with van der Waals surface area (Å²) in [5.74, 6) is 0.765. The van der Waals surface area contributed by atoms with Crippen LogP contribution in [0.4, 0.5) is 0 Å². The molecule has 0 heterocycles. The highest BCUT2D eigenvalue weighted by Crippen LogP contribution is 2.16. The molecule has 0 aliphatic carbocycles. The summed E-state index contributed by atoms with van der Waals surface area (Å²) in [4.78, 5) is 0. The molecule has 0 saturated carbocycles. The molecule has 0 aliphatic heterocycles. The highest BCUT2D eigenvalue weighted by atomic mass is 35.5. The first-order chi connectivity index (χ1) is 10.1. The van der Waals surface area contributed by atoms with Crippen LogP contribution in [0, 0.1) is 0 Å². The second-order valence-electron chi connectivity index (χ2n) is 4.27. The van der Waals surface area contributed by atoms with Crippen LogP contribution < -0.4 is 21.0 Å². The Kier molecular flexibility index (Phi) is 5.54. The fourth-order valence-corrected chi connectivity index (χ4v) is 1.95. The number of hydrogen-bond donors (Lipinski definition) is 3. The lowest BCUT2D eigenvalue weighted by Crippen LogP contribution is -2.82. The van der Waals surface area contributed by atoms with Gasteiger partial charge in [0.1, 0.15) is 12.4 Å². The van der Waals surface area contributed by atoms with Crippen LogP contribution in [0.1, 0.15) is 11.1 Å². The molecule has 4 nitrogen and oxygen atoms in total. The smallest absolute Gasteiger partial charge is 0.221 e. The van der Waals surface area contributed by atoms with Crippen LogP contribution in [0.15, 0.2) is 48.5 Å². The zero-order valence-corrected chi connectivity index (χ0v) is 12.7. The van der Waals surface area contributed by atoms with Crippen molar-refractivity contribution in [2.75, 3.05) is 0 Å². The fourth-order valence-electron chi connectivity index (χ4n) is 1.68. The van der Waals surface area contributed by atoms with Crippen LogP contribution in [0.5, 0.6) is 5.75 Å². The summed E-state index contributed by atoms with van der Waals surface area (Å²) in [6.45, 7) is 0.461. The second-order valence-corrected chi connectivity index (χ2v) is 5.15. The molecule has 2 rings (SSSR count). The predicted molar refractivity (Wildman–Crippen MR) is 88.3 cm³/mol. The van der Waals surface area contributed by atoms with Crippen molar-refractivity contribution in [1.82, 2.24) is 5.43 Å². The van der Waals surface area contributed by atoms with E-state index in [9.17, 15) is 0 Å². The standard InChI is InChI=1S/C15H14ClN3OS/c16-13-5-1-4-12(7-13)10-20-14-6-2-3-11(8-14)9-18-19-15(17)21/h1-9H,10H2,(H3,17,19,21)/p+1. The van der Waals surface area contributed by atoms with E-state index in [1.165, 1.54) is 0 Å². The first-order valence-electron chi connectivity index (χ1n) is 6.25. The van der Waals surface area contributed by atoms with Crippen molar-refractivity contribution in [2.24, 2.45) is 5.73 Å². The average molecular weight is 321 g/mol. The summed E-state index contributed by atoms with van der Waals surface area (Å²) in [5, 5.41) is 3.68. The van der Waals surface area contributed by atoms with Crippen LogP contribution in [0.25, 0.3) is 0 Å². The van der Waals surface area contributed by atoms with E-state index in [4.69, 9.17) is 34.3 Å². The Balaban J connectivity index is 1.97. The van der Waals surface area contributed by atoms with Gasteiger partial charge < -0.3 is 10.5 Å². The molecule has 0 bridgehead atoms. The van der Waals surface area contributed by atoms with Gasteiger partial charge in [-0.2, -0.15) is 0 Å². The van der Waals surface area contributed by atoms with Crippen molar-refractivity contribution < 1.29 is 9.84 Å². The Hall–Kier alpha value is -2.11. The van der Waals surface area contributed by atoms with Crippen LogP contribution in [-0.4, -0.2) is 11.3 Å². The Morgan fingerprint density at radius 1 is 1.29 bits per heavy atom. The Morgan fingerprint density at radius 3 is 2.86 bits per heavy atom. The number of nitrogens with one attached hydrogen (secondary N) is 2. The molecule has 0 aliphatic rings. The lowest BCUT2D eigenvalue weighted by atomic mass is 10.2. The number of thiocarbonyl (C=S) groups is 1. The van der Waals surface area contributed by atoms with Gasteiger partial charge in [-0.25, -0.2) is 0 Å². The molecule has 0 fully saturated rings. The van der Waals surface area contributed by atoms with Crippen molar-refractivity contribution in [3.05, 3.63) is 64.7 Å². The number of nitrogens with two attached hydrogens (primary N) is 1. The molecular formula is C15H15ClN3OS+. The van der Waals surface area contributed by atoms with Gasteiger partial charge in [-0.05, 0) is 48.1 Å². The molecule has 6 heteroatoms. The van der Waals surface area contributed by atoms with E-state index in [1.807, 2.05) is 48.5 Å². The lowest BCUT2D eigenvalue weighted by Gasteiger charge is -2.06. The second kappa shape index (κ2) is 7.61. The maximum absolute atomic E-state index is 5.94. The number of hydrogen-bond acceptors (Lipinski definition) is 2. The molecule has 108 valence electrons. The molecule has 0 saturated heterocycles. The maximum atomic E-state index is 5.94. The van der Waals surface area contributed by atoms with E-state index < -0.39 is 0 Å². The number of ether oxygens (including phenoxy) is 1.